The molecule has 4 aromatic rings. The quantitative estimate of drug-likeness (QED) is 0.484. The lowest BCUT2D eigenvalue weighted by atomic mass is 9.92. The smallest absolute Gasteiger partial charge is 0.326 e. The lowest BCUT2D eigenvalue weighted by Crippen LogP contribution is -2.45. The molecule has 2 unspecified atom stereocenters. The standard InChI is InChI=1S/C20H16N6O2S/c1-10-16(18(27)23-12-6-7-13-11(8-12)9-21-26-13)17(25-20(28)22-10)19-24-14-4-2-3-5-15(14)29-19/h2-9,16-17H,1H3,(H,21,26)(H,23,27)(H,25,28). The van der Waals surface area contributed by atoms with E-state index in [4.69, 9.17) is 0 Å². The van der Waals surface area contributed by atoms with Gasteiger partial charge in [0.2, 0.25) is 5.91 Å². The number of hydrogen-bond donors (Lipinski definition) is 3. The number of H-pyrrole nitrogens is 1. The number of aromatic amines is 1. The van der Waals surface area contributed by atoms with Crippen LogP contribution in [0.2, 0.25) is 0 Å². The van der Waals surface area contributed by atoms with E-state index in [1.165, 1.54) is 11.3 Å². The number of nitrogens with one attached hydrogen (secondary N) is 3. The Kier molecular flexibility index (Phi) is 4.09. The molecule has 3 N–H and O–H groups in total. The van der Waals surface area contributed by atoms with Crippen molar-refractivity contribution in [1.29, 1.82) is 0 Å². The molecule has 0 radical (unpaired) electrons. The highest BCUT2D eigenvalue weighted by Gasteiger charge is 2.38. The molecule has 144 valence electrons. The molecule has 8 nitrogen and oxygen atoms in total. The summed E-state index contributed by atoms with van der Waals surface area (Å²) in [6, 6.07) is 12.2. The summed E-state index contributed by atoms with van der Waals surface area (Å²) in [5, 5.41) is 14.2. The van der Waals surface area contributed by atoms with Crippen LogP contribution in [-0.2, 0) is 4.79 Å². The number of aromatic nitrogens is 3. The summed E-state index contributed by atoms with van der Waals surface area (Å²) < 4.78 is 1.00. The molecule has 29 heavy (non-hydrogen) atoms. The molecule has 0 bridgehead atoms. The van der Waals surface area contributed by atoms with Crippen LogP contribution in [0.1, 0.15) is 18.0 Å². The highest BCUT2D eigenvalue weighted by atomic mass is 32.1. The molecule has 1 aliphatic rings. The van der Waals surface area contributed by atoms with Crippen molar-refractivity contribution < 1.29 is 9.59 Å². The average molecular weight is 404 g/mol. The Labute approximate surface area is 169 Å². The fourth-order valence-corrected chi connectivity index (χ4v) is 4.58. The lowest BCUT2D eigenvalue weighted by molar-refractivity contribution is -0.118. The zero-order valence-corrected chi connectivity index (χ0v) is 16.2. The largest absolute Gasteiger partial charge is 0.341 e. The normalized spacial score (nSPS) is 19.2. The van der Waals surface area contributed by atoms with Crippen LogP contribution in [-0.4, -0.2) is 32.8 Å². The summed E-state index contributed by atoms with van der Waals surface area (Å²) in [5.74, 6) is -0.911. The molecule has 0 saturated carbocycles. The number of anilines is 1. The molecular weight excluding hydrogens is 388 g/mol. The Bertz CT molecular complexity index is 1260. The highest BCUT2D eigenvalue weighted by molar-refractivity contribution is 7.18. The molecule has 0 aliphatic carbocycles. The van der Waals surface area contributed by atoms with E-state index < -0.39 is 18.0 Å². The van der Waals surface area contributed by atoms with E-state index in [0.717, 1.165) is 21.1 Å². The third-order valence-electron chi connectivity index (χ3n) is 4.91. The first-order valence-electron chi connectivity index (χ1n) is 9.03. The predicted molar refractivity (Wildman–Crippen MR) is 112 cm³/mol. The Morgan fingerprint density at radius 3 is 2.93 bits per heavy atom. The SMILES string of the molecule is CC1=NC(=O)NC(c2nc3ccccc3s2)C1C(=O)Nc1ccc2[nH]ncc2c1. The van der Waals surface area contributed by atoms with Crippen LogP contribution in [0.15, 0.2) is 53.7 Å². The van der Waals surface area contributed by atoms with Gasteiger partial charge in [-0.15, -0.1) is 11.3 Å². The van der Waals surface area contributed by atoms with Crippen molar-refractivity contribution in [3.63, 3.8) is 0 Å². The fraction of sp³-hybridized carbons (Fsp3) is 0.150. The first kappa shape index (κ1) is 17.5. The molecule has 2 atom stereocenters. The second-order valence-corrected chi connectivity index (χ2v) is 7.90. The van der Waals surface area contributed by atoms with Crippen molar-refractivity contribution in [2.75, 3.05) is 5.32 Å². The van der Waals surface area contributed by atoms with Gasteiger partial charge in [0.05, 0.1) is 28.0 Å². The van der Waals surface area contributed by atoms with Crippen LogP contribution >= 0.6 is 11.3 Å². The van der Waals surface area contributed by atoms with Gasteiger partial charge in [-0.3, -0.25) is 9.89 Å². The van der Waals surface area contributed by atoms with E-state index in [-0.39, 0.29) is 5.91 Å². The van der Waals surface area contributed by atoms with E-state index in [0.29, 0.717) is 16.4 Å². The number of para-hydroxylation sites is 1. The van der Waals surface area contributed by atoms with Crippen LogP contribution in [0.5, 0.6) is 0 Å². The molecule has 0 saturated heterocycles. The minimum absolute atomic E-state index is 0.252. The van der Waals surface area contributed by atoms with Crippen LogP contribution in [0.4, 0.5) is 10.5 Å². The first-order valence-corrected chi connectivity index (χ1v) is 9.85. The second-order valence-electron chi connectivity index (χ2n) is 6.84. The Morgan fingerprint density at radius 2 is 2.07 bits per heavy atom. The zero-order chi connectivity index (χ0) is 20.0. The van der Waals surface area contributed by atoms with Crippen LogP contribution < -0.4 is 10.6 Å². The number of rotatable bonds is 3. The van der Waals surface area contributed by atoms with Gasteiger partial charge < -0.3 is 10.6 Å². The number of nitrogens with zero attached hydrogens (tertiary/aromatic N) is 3. The average Bonchev–Trinajstić information content (AvgIpc) is 3.33. The van der Waals surface area contributed by atoms with Crippen LogP contribution in [0, 0.1) is 5.92 Å². The van der Waals surface area contributed by atoms with Crippen molar-refractivity contribution in [1.82, 2.24) is 20.5 Å². The lowest BCUT2D eigenvalue weighted by Gasteiger charge is -2.28. The van der Waals surface area contributed by atoms with E-state index >= 15 is 0 Å². The summed E-state index contributed by atoms with van der Waals surface area (Å²) in [7, 11) is 0. The molecule has 5 rings (SSSR count). The van der Waals surface area contributed by atoms with E-state index in [1.54, 1.807) is 19.2 Å². The molecule has 3 heterocycles. The maximum absolute atomic E-state index is 13.2. The maximum atomic E-state index is 13.2. The Hall–Kier alpha value is -3.59. The van der Waals surface area contributed by atoms with Crippen LogP contribution in [0.3, 0.4) is 0 Å². The number of carbonyl (C=O) groups excluding carboxylic acids is 2. The van der Waals surface area contributed by atoms with Crippen molar-refractivity contribution in [2.45, 2.75) is 13.0 Å². The van der Waals surface area contributed by atoms with Crippen molar-refractivity contribution in [3.05, 3.63) is 53.7 Å². The monoisotopic (exact) mass is 404 g/mol. The van der Waals surface area contributed by atoms with Gasteiger partial charge >= 0.3 is 6.03 Å². The fourth-order valence-electron chi connectivity index (χ4n) is 3.53. The third-order valence-corrected chi connectivity index (χ3v) is 6.03. The maximum Gasteiger partial charge on any atom is 0.341 e. The van der Waals surface area contributed by atoms with Gasteiger partial charge in [0, 0.05) is 16.8 Å². The molecule has 0 spiro atoms. The van der Waals surface area contributed by atoms with Gasteiger partial charge in [-0.2, -0.15) is 5.10 Å². The third kappa shape index (κ3) is 3.15. The number of aliphatic imine (C=N–C) groups is 1. The van der Waals surface area contributed by atoms with Gasteiger partial charge in [-0.25, -0.2) is 14.8 Å². The Balaban J connectivity index is 1.49. The predicted octanol–water partition coefficient (Wildman–Crippen LogP) is 3.65. The molecule has 2 aromatic heterocycles. The zero-order valence-electron chi connectivity index (χ0n) is 15.3. The number of carbonyl (C=O) groups is 2. The molecular formula is C20H16N6O2S. The molecule has 2 aromatic carbocycles. The van der Waals surface area contributed by atoms with E-state index in [2.05, 4.69) is 30.8 Å². The molecule has 0 fully saturated rings. The number of benzene rings is 2. The number of amides is 3. The van der Waals surface area contributed by atoms with Crippen molar-refractivity contribution in [3.8, 4) is 0 Å². The second kappa shape index (κ2) is 6.78. The molecule has 3 amide bonds. The minimum Gasteiger partial charge on any atom is -0.326 e. The topological polar surface area (TPSA) is 112 Å². The van der Waals surface area contributed by atoms with Gasteiger partial charge in [0.25, 0.3) is 0 Å². The molecule has 1 aliphatic heterocycles. The minimum atomic E-state index is -0.659. The van der Waals surface area contributed by atoms with Crippen molar-refractivity contribution >= 4 is 55.8 Å². The van der Waals surface area contributed by atoms with Gasteiger partial charge in [-0.05, 0) is 37.3 Å². The molecule has 9 heteroatoms. The van der Waals surface area contributed by atoms with Gasteiger partial charge in [0.15, 0.2) is 0 Å². The number of thiazole rings is 1. The van der Waals surface area contributed by atoms with Gasteiger partial charge in [0.1, 0.15) is 10.9 Å². The number of urea groups is 1. The number of hydrogen-bond acceptors (Lipinski definition) is 5. The highest BCUT2D eigenvalue weighted by Crippen LogP contribution is 2.33. The van der Waals surface area contributed by atoms with Crippen molar-refractivity contribution in [2.24, 2.45) is 10.9 Å². The number of fused-ring (bicyclic) bond motifs is 2. The summed E-state index contributed by atoms with van der Waals surface area (Å²) in [6.45, 7) is 1.70. The first-order chi connectivity index (χ1) is 14.1. The van der Waals surface area contributed by atoms with E-state index in [1.807, 2.05) is 36.4 Å². The summed E-state index contributed by atoms with van der Waals surface area (Å²) in [5.41, 5.74) is 2.83. The van der Waals surface area contributed by atoms with Gasteiger partial charge in [-0.1, -0.05) is 12.1 Å². The summed E-state index contributed by atoms with van der Waals surface area (Å²) in [4.78, 5) is 33.8. The summed E-state index contributed by atoms with van der Waals surface area (Å²) in [6.07, 6.45) is 1.70. The van der Waals surface area contributed by atoms with E-state index in [9.17, 15) is 9.59 Å². The Morgan fingerprint density at radius 1 is 1.21 bits per heavy atom. The summed E-state index contributed by atoms with van der Waals surface area (Å²) >= 11 is 1.47. The van der Waals surface area contributed by atoms with Crippen LogP contribution in [0.25, 0.3) is 21.1 Å².